The van der Waals surface area contributed by atoms with Crippen LogP contribution in [-0.4, -0.2) is 71.6 Å². The number of nitrogens with one attached hydrogen (secondary N) is 1. The molecule has 0 aromatic heterocycles. The Bertz CT molecular complexity index is 374. The first-order chi connectivity index (χ1) is 8.81. The minimum atomic E-state index is -1.28. The van der Waals surface area contributed by atoms with Gasteiger partial charge in [0, 0.05) is 25.7 Å². The summed E-state index contributed by atoms with van der Waals surface area (Å²) in [6.45, 7) is 3.86. The van der Waals surface area contributed by atoms with Crippen molar-refractivity contribution in [2.75, 3.05) is 26.7 Å². The molecule has 1 fully saturated rings. The average molecular weight is 272 g/mol. The third kappa shape index (κ3) is 4.40. The van der Waals surface area contributed by atoms with E-state index in [-0.39, 0.29) is 6.04 Å². The molecule has 0 aromatic rings. The van der Waals surface area contributed by atoms with Crippen molar-refractivity contribution in [3.63, 3.8) is 0 Å². The zero-order chi connectivity index (χ0) is 14.6. The van der Waals surface area contributed by atoms with Crippen LogP contribution in [0.4, 0.5) is 4.79 Å². The first-order valence-electron chi connectivity index (χ1n) is 6.08. The van der Waals surface area contributed by atoms with Crippen LogP contribution in [0, 0.1) is 0 Å². The molecule has 19 heavy (non-hydrogen) atoms. The molecule has 0 radical (unpaired) electrons. The van der Waals surface area contributed by atoms with Gasteiger partial charge in [0.15, 0.2) is 0 Å². The maximum absolute atomic E-state index is 12.0. The molecule has 1 aliphatic heterocycles. The van der Waals surface area contributed by atoms with Crippen LogP contribution in [0.3, 0.4) is 0 Å². The SMILES string of the molecule is CC1CN(C)CCN1C(=O)NC(CC(N)=O)C(=O)O. The fourth-order valence-corrected chi connectivity index (χ4v) is 2.07. The van der Waals surface area contributed by atoms with E-state index >= 15 is 0 Å². The highest BCUT2D eigenvalue weighted by Gasteiger charge is 2.29. The van der Waals surface area contributed by atoms with Gasteiger partial charge >= 0.3 is 12.0 Å². The number of carbonyl (C=O) groups is 3. The number of likely N-dealkylation sites (N-methyl/N-ethyl adjacent to an activating group) is 1. The summed E-state index contributed by atoms with van der Waals surface area (Å²) in [6, 6.07) is -1.77. The molecule has 0 saturated carbocycles. The van der Waals surface area contributed by atoms with Gasteiger partial charge in [-0.3, -0.25) is 4.79 Å². The van der Waals surface area contributed by atoms with Crippen molar-refractivity contribution >= 4 is 17.9 Å². The molecule has 1 aliphatic rings. The molecule has 3 amide bonds. The lowest BCUT2D eigenvalue weighted by molar-refractivity contribution is -0.141. The van der Waals surface area contributed by atoms with Gasteiger partial charge in [-0.15, -0.1) is 0 Å². The number of amides is 3. The molecule has 4 N–H and O–H groups in total. The fourth-order valence-electron chi connectivity index (χ4n) is 2.07. The quantitative estimate of drug-likeness (QED) is 0.586. The number of nitrogens with two attached hydrogens (primary N) is 1. The highest BCUT2D eigenvalue weighted by molar-refractivity contribution is 5.87. The molecule has 1 saturated heterocycles. The Hall–Kier alpha value is -1.83. The maximum atomic E-state index is 12.0. The second-order valence-electron chi connectivity index (χ2n) is 4.82. The van der Waals surface area contributed by atoms with E-state index in [0.717, 1.165) is 13.1 Å². The molecule has 1 rings (SSSR count). The van der Waals surface area contributed by atoms with Crippen molar-refractivity contribution in [3.8, 4) is 0 Å². The highest BCUT2D eigenvalue weighted by Crippen LogP contribution is 2.08. The van der Waals surface area contributed by atoms with Gasteiger partial charge in [0.05, 0.1) is 6.42 Å². The van der Waals surface area contributed by atoms with Crippen LogP contribution in [0.5, 0.6) is 0 Å². The molecular weight excluding hydrogens is 252 g/mol. The van der Waals surface area contributed by atoms with E-state index in [1.165, 1.54) is 0 Å². The van der Waals surface area contributed by atoms with Crippen LogP contribution in [0.15, 0.2) is 0 Å². The van der Waals surface area contributed by atoms with Gasteiger partial charge < -0.3 is 26.0 Å². The number of carbonyl (C=O) groups excluding carboxylic acids is 2. The molecule has 0 aliphatic carbocycles. The molecular formula is C11H20N4O4. The number of carboxylic acid groups (broad SMARTS) is 1. The normalized spacial score (nSPS) is 21.8. The van der Waals surface area contributed by atoms with E-state index < -0.39 is 30.4 Å². The van der Waals surface area contributed by atoms with E-state index in [2.05, 4.69) is 10.2 Å². The van der Waals surface area contributed by atoms with Crippen LogP contribution >= 0.6 is 0 Å². The minimum absolute atomic E-state index is 0.0122. The monoisotopic (exact) mass is 272 g/mol. The Morgan fingerprint density at radius 1 is 1.42 bits per heavy atom. The summed E-state index contributed by atoms with van der Waals surface area (Å²) in [5, 5.41) is 11.3. The van der Waals surface area contributed by atoms with Crippen LogP contribution in [0.25, 0.3) is 0 Å². The number of aliphatic carboxylic acids is 1. The minimum Gasteiger partial charge on any atom is -0.480 e. The third-order valence-corrected chi connectivity index (χ3v) is 3.09. The molecule has 108 valence electrons. The Morgan fingerprint density at radius 2 is 2.05 bits per heavy atom. The predicted octanol–water partition coefficient (Wildman–Crippen LogP) is -1.34. The summed E-state index contributed by atoms with van der Waals surface area (Å²) in [5.74, 6) is -2.03. The standard InChI is InChI=1S/C11H20N4O4/c1-7-6-14(2)3-4-15(7)11(19)13-8(10(17)18)5-9(12)16/h7-8H,3-6H2,1-2H3,(H2,12,16)(H,13,19)(H,17,18). The molecule has 8 heteroatoms. The molecule has 0 aromatic carbocycles. The Morgan fingerprint density at radius 3 is 2.53 bits per heavy atom. The number of carboxylic acids is 1. The van der Waals surface area contributed by atoms with E-state index in [4.69, 9.17) is 10.8 Å². The second kappa shape index (κ2) is 6.37. The topological polar surface area (TPSA) is 116 Å². The summed E-state index contributed by atoms with van der Waals surface area (Å²) in [6.07, 6.45) is -0.413. The van der Waals surface area contributed by atoms with Gasteiger partial charge in [-0.25, -0.2) is 9.59 Å². The third-order valence-electron chi connectivity index (χ3n) is 3.09. The van der Waals surface area contributed by atoms with E-state index in [9.17, 15) is 14.4 Å². The van der Waals surface area contributed by atoms with E-state index in [1.54, 1.807) is 4.90 Å². The molecule has 2 atom stereocenters. The van der Waals surface area contributed by atoms with Gasteiger partial charge in [0.25, 0.3) is 0 Å². The Labute approximate surface area is 111 Å². The van der Waals surface area contributed by atoms with E-state index in [0.29, 0.717) is 6.54 Å². The Balaban J connectivity index is 2.61. The number of hydrogen-bond donors (Lipinski definition) is 3. The number of nitrogens with zero attached hydrogens (tertiary/aromatic N) is 2. The molecule has 0 bridgehead atoms. The molecule has 1 heterocycles. The molecule has 0 spiro atoms. The average Bonchev–Trinajstić information content (AvgIpc) is 2.26. The van der Waals surface area contributed by atoms with Crippen molar-refractivity contribution in [1.29, 1.82) is 0 Å². The number of hydrogen-bond acceptors (Lipinski definition) is 4. The molecule has 8 nitrogen and oxygen atoms in total. The van der Waals surface area contributed by atoms with Gasteiger partial charge in [0.1, 0.15) is 6.04 Å². The number of primary amides is 1. The first kappa shape index (κ1) is 15.2. The highest BCUT2D eigenvalue weighted by atomic mass is 16.4. The second-order valence-corrected chi connectivity index (χ2v) is 4.82. The smallest absolute Gasteiger partial charge is 0.326 e. The van der Waals surface area contributed by atoms with Gasteiger partial charge in [0.2, 0.25) is 5.91 Å². The predicted molar refractivity (Wildman–Crippen MR) is 67.4 cm³/mol. The largest absolute Gasteiger partial charge is 0.480 e. The molecule has 2 unspecified atom stereocenters. The maximum Gasteiger partial charge on any atom is 0.326 e. The number of piperazine rings is 1. The van der Waals surface area contributed by atoms with Crippen molar-refractivity contribution in [2.45, 2.75) is 25.4 Å². The van der Waals surface area contributed by atoms with Crippen molar-refractivity contribution in [2.24, 2.45) is 5.73 Å². The number of rotatable bonds is 4. The fraction of sp³-hybridized carbons (Fsp3) is 0.727. The summed E-state index contributed by atoms with van der Waals surface area (Å²) in [4.78, 5) is 37.4. The van der Waals surface area contributed by atoms with Gasteiger partial charge in [-0.2, -0.15) is 0 Å². The van der Waals surface area contributed by atoms with Gasteiger partial charge in [-0.1, -0.05) is 0 Å². The van der Waals surface area contributed by atoms with Crippen LogP contribution in [-0.2, 0) is 9.59 Å². The van der Waals surface area contributed by atoms with Crippen molar-refractivity contribution < 1.29 is 19.5 Å². The first-order valence-corrected chi connectivity index (χ1v) is 6.08. The van der Waals surface area contributed by atoms with E-state index in [1.807, 2.05) is 14.0 Å². The van der Waals surface area contributed by atoms with Crippen LogP contribution < -0.4 is 11.1 Å². The zero-order valence-corrected chi connectivity index (χ0v) is 11.1. The Kier molecular flexibility index (Phi) is 5.11. The van der Waals surface area contributed by atoms with Gasteiger partial charge in [-0.05, 0) is 14.0 Å². The van der Waals surface area contributed by atoms with Crippen molar-refractivity contribution in [3.05, 3.63) is 0 Å². The summed E-state index contributed by atoms with van der Waals surface area (Å²) in [5.41, 5.74) is 4.96. The van der Waals surface area contributed by atoms with Crippen molar-refractivity contribution in [1.82, 2.24) is 15.1 Å². The van der Waals surface area contributed by atoms with Crippen LogP contribution in [0.1, 0.15) is 13.3 Å². The summed E-state index contributed by atoms with van der Waals surface area (Å²) < 4.78 is 0. The van der Waals surface area contributed by atoms with Crippen LogP contribution in [0.2, 0.25) is 0 Å². The zero-order valence-electron chi connectivity index (χ0n) is 11.1. The number of urea groups is 1. The summed E-state index contributed by atoms with van der Waals surface area (Å²) in [7, 11) is 1.96. The lowest BCUT2D eigenvalue weighted by atomic mass is 10.2. The lowest BCUT2D eigenvalue weighted by Crippen LogP contribution is -2.58. The summed E-state index contributed by atoms with van der Waals surface area (Å²) >= 11 is 0. The lowest BCUT2D eigenvalue weighted by Gasteiger charge is -2.38.